The third-order valence-corrected chi connectivity index (χ3v) is 6.74. The van der Waals surface area contributed by atoms with Gasteiger partial charge in [0.25, 0.3) is 5.91 Å². The number of hydrogen-bond acceptors (Lipinski definition) is 4. The predicted octanol–water partition coefficient (Wildman–Crippen LogP) is 2.55. The number of carbonyl (C=O) groups excluding carboxylic acids is 1. The lowest BCUT2D eigenvalue weighted by molar-refractivity contribution is 0.0956. The van der Waals surface area contributed by atoms with E-state index in [1.54, 1.807) is 0 Å². The highest BCUT2D eigenvalue weighted by molar-refractivity contribution is 6.05. The molecule has 2 aromatic carbocycles. The molecule has 6 rings (SSSR count). The van der Waals surface area contributed by atoms with Gasteiger partial charge in [-0.05, 0) is 43.2 Å². The average molecular weight is 387 g/mol. The zero-order valence-corrected chi connectivity index (χ0v) is 16.6. The van der Waals surface area contributed by atoms with Crippen molar-refractivity contribution in [2.24, 2.45) is 0 Å². The van der Waals surface area contributed by atoms with Gasteiger partial charge in [0.2, 0.25) is 0 Å². The number of nitrogens with one attached hydrogen (secondary N) is 1. The molecule has 3 aromatic rings. The summed E-state index contributed by atoms with van der Waals surface area (Å²) in [7, 11) is 0. The van der Waals surface area contributed by atoms with Gasteiger partial charge in [-0.25, -0.2) is 4.98 Å². The Bertz CT molecular complexity index is 1120. The fourth-order valence-electron chi connectivity index (χ4n) is 5.40. The van der Waals surface area contributed by atoms with Gasteiger partial charge in [-0.15, -0.1) is 0 Å². The first-order valence-electron chi connectivity index (χ1n) is 10.5. The summed E-state index contributed by atoms with van der Waals surface area (Å²) < 4.78 is 2.26. The Morgan fingerprint density at radius 1 is 1.14 bits per heavy atom. The Morgan fingerprint density at radius 3 is 2.86 bits per heavy atom. The van der Waals surface area contributed by atoms with Crippen molar-refractivity contribution in [2.75, 3.05) is 24.5 Å². The van der Waals surface area contributed by atoms with E-state index in [9.17, 15) is 4.79 Å². The number of anilines is 1. The second kappa shape index (κ2) is 6.32. The number of aromatic nitrogens is 2. The van der Waals surface area contributed by atoms with Gasteiger partial charge in [-0.2, -0.15) is 0 Å². The van der Waals surface area contributed by atoms with E-state index in [0.717, 1.165) is 48.6 Å². The van der Waals surface area contributed by atoms with Crippen molar-refractivity contribution in [1.29, 1.82) is 0 Å². The molecule has 148 valence electrons. The normalized spacial score (nSPS) is 23.6. The number of likely N-dealkylation sites (tertiary alicyclic amines) is 1. The summed E-state index contributed by atoms with van der Waals surface area (Å²) in [6, 6.07) is 15.9. The molecule has 29 heavy (non-hydrogen) atoms. The van der Waals surface area contributed by atoms with Crippen LogP contribution in [0.4, 0.5) is 5.69 Å². The average Bonchev–Trinajstić information content (AvgIpc) is 3.37. The standard InChI is InChI=1S/C23H25N5O/c1-15-4-2-5-16(10-15)28-13-17-11-18(28)12-26(17)14-21-25-20-7-3-6-19-22(20)27(21)9-8-24-23(19)29/h2-7,10,17-18H,8-9,11-14H2,1H3,(H,24,29). The van der Waals surface area contributed by atoms with Crippen molar-refractivity contribution >= 4 is 22.6 Å². The number of piperazine rings is 1. The predicted molar refractivity (Wildman–Crippen MR) is 113 cm³/mol. The van der Waals surface area contributed by atoms with Gasteiger partial charge in [-0.3, -0.25) is 9.69 Å². The lowest BCUT2D eigenvalue weighted by atomic mass is 10.2. The molecule has 0 radical (unpaired) electrons. The molecular formula is C23H25N5O. The van der Waals surface area contributed by atoms with Crippen LogP contribution in [0.25, 0.3) is 11.0 Å². The van der Waals surface area contributed by atoms with E-state index in [1.807, 2.05) is 18.2 Å². The zero-order chi connectivity index (χ0) is 19.5. The second-order valence-corrected chi connectivity index (χ2v) is 8.57. The first-order valence-corrected chi connectivity index (χ1v) is 10.5. The molecule has 0 saturated carbocycles. The number of benzene rings is 2. The van der Waals surface area contributed by atoms with Gasteiger partial charge in [0.05, 0.1) is 23.1 Å². The molecule has 2 fully saturated rings. The van der Waals surface area contributed by atoms with Gasteiger partial charge in [0.1, 0.15) is 5.82 Å². The van der Waals surface area contributed by atoms with Crippen LogP contribution >= 0.6 is 0 Å². The fourth-order valence-corrected chi connectivity index (χ4v) is 5.40. The number of fused-ring (bicyclic) bond motifs is 2. The molecule has 2 saturated heterocycles. The van der Waals surface area contributed by atoms with Gasteiger partial charge in [0, 0.05) is 44.0 Å². The molecule has 4 heterocycles. The first kappa shape index (κ1) is 17.0. The van der Waals surface area contributed by atoms with Crippen molar-refractivity contribution in [3.63, 3.8) is 0 Å². The molecule has 2 unspecified atom stereocenters. The number of carbonyl (C=O) groups is 1. The summed E-state index contributed by atoms with van der Waals surface area (Å²) in [6.45, 7) is 6.61. The molecular weight excluding hydrogens is 362 g/mol. The van der Waals surface area contributed by atoms with Crippen LogP contribution in [0.1, 0.15) is 28.2 Å². The minimum Gasteiger partial charge on any atom is -0.366 e. The number of hydrogen-bond donors (Lipinski definition) is 1. The summed E-state index contributed by atoms with van der Waals surface area (Å²) >= 11 is 0. The highest BCUT2D eigenvalue weighted by atomic mass is 16.1. The Labute approximate surface area is 170 Å². The maximum absolute atomic E-state index is 12.4. The van der Waals surface area contributed by atoms with Crippen LogP contribution in [0.15, 0.2) is 42.5 Å². The molecule has 1 aromatic heterocycles. The Balaban J connectivity index is 1.27. The summed E-state index contributed by atoms with van der Waals surface area (Å²) in [4.78, 5) is 22.5. The van der Waals surface area contributed by atoms with Gasteiger partial charge >= 0.3 is 0 Å². The van der Waals surface area contributed by atoms with E-state index in [1.165, 1.54) is 17.7 Å². The van der Waals surface area contributed by atoms with Crippen LogP contribution in [0.5, 0.6) is 0 Å². The van der Waals surface area contributed by atoms with Crippen molar-refractivity contribution in [2.45, 2.75) is 38.5 Å². The summed E-state index contributed by atoms with van der Waals surface area (Å²) in [5, 5.41) is 3.01. The van der Waals surface area contributed by atoms with Crippen LogP contribution in [0.3, 0.4) is 0 Å². The van der Waals surface area contributed by atoms with Crippen LogP contribution in [0.2, 0.25) is 0 Å². The largest absolute Gasteiger partial charge is 0.366 e. The number of amides is 1. The van der Waals surface area contributed by atoms with Crippen molar-refractivity contribution in [3.05, 3.63) is 59.4 Å². The van der Waals surface area contributed by atoms with Crippen molar-refractivity contribution in [1.82, 2.24) is 19.8 Å². The van der Waals surface area contributed by atoms with Crippen LogP contribution in [-0.2, 0) is 13.1 Å². The lowest BCUT2D eigenvalue weighted by Crippen LogP contribution is -2.46. The molecule has 2 bridgehead atoms. The molecule has 1 amide bonds. The summed E-state index contributed by atoms with van der Waals surface area (Å²) in [5.74, 6) is 1.09. The second-order valence-electron chi connectivity index (χ2n) is 8.57. The van der Waals surface area contributed by atoms with E-state index in [-0.39, 0.29) is 5.91 Å². The maximum atomic E-state index is 12.4. The topological polar surface area (TPSA) is 53.4 Å². The van der Waals surface area contributed by atoms with Crippen LogP contribution < -0.4 is 10.2 Å². The molecule has 0 aliphatic carbocycles. The monoisotopic (exact) mass is 387 g/mol. The molecule has 3 aliphatic rings. The number of para-hydroxylation sites is 1. The molecule has 3 aliphatic heterocycles. The number of nitrogens with zero attached hydrogens (tertiary/aromatic N) is 4. The third-order valence-electron chi connectivity index (χ3n) is 6.74. The van der Waals surface area contributed by atoms with Gasteiger partial charge < -0.3 is 14.8 Å². The molecule has 6 heteroatoms. The number of aryl methyl sites for hydroxylation is 1. The highest BCUT2D eigenvalue weighted by Crippen LogP contribution is 2.36. The minimum atomic E-state index is 0.00910. The number of imidazole rings is 1. The Kier molecular flexibility index (Phi) is 3.71. The van der Waals surface area contributed by atoms with Gasteiger partial charge in [-0.1, -0.05) is 18.2 Å². The zero-order valence-electron chi connectivity index (χ0n) is 16.6. The quantitative estimate of drug-likeness (QED) is 0.751. The van der Waals surface area contributed by atoms with E-state index in [2.05, 4.69) is 50.9 Å². The minimum absolute atomic E-state index is 0.00910. The Hall–Kier alpha value is -2.86. The van der Waals surface area contributed by atoms with E-state index in [0.29, 0.717) is 18.6 Å². The van der Waals surface area contributed by atoms with Crippen LogP contribution in [-0.4, -0.2) is 52.1 Å². The lowest BCUT2D eigenvalue weighted by Gasteiger charge is -2.35. The summed E-state index contributed by atoms with van der Waals surface area (Å²) in [6.07, 6.45) is 1.22. The van der Waals surface area contributed by atoms with Crippen molar-refractivity contribution in [3.8, 4) is 0 Å². The molecule has 2 atom stereocenters. The highest BCUT2D eigenvalue weighted by Gasteiger charge is 2.43. The van der Waals surface area contributed by atoms with Crippen molar-refractivity contribution < 1.29 is 4.79 Å². The third kappa shape index (κ3) is 2.66. The molecule has 0 spiro atoms. The summed E-state index contributed by atoms with van der Waals surface area (Å²) in [5.41, 5.74) is 5.33. The first-order chi connectivity index (χ1) is 14.2. The number of rotatable bonds is 3. The SMILES string of the molecule is Cc1cccc(N2CC3CC2CN3Cc2nc3cccc4c3n2CCNC4=O)c1. The van der Waals surface area contributed by atoms with E-state index in [4.69, 9.17) is 4.98 Å². The maximum Gasteiger partial charge on any atom is 0.253 e. The molecule has 1 N–H and O–H groups in total. The smallest absolute Gasteiger partial charge is 0.253 e. The molecule has 6 nitrogen and oxygen atoms in total. The Morgan fingerprint density at radius 2 is 2.03 bits per heavy atom. The fraction of sp³-hybridized carbons (Fsp3) is 0.391. The van der Waals surface area contributed by atoms with Crippen LogP contribution in [0, 0.1) is 6.92 Å². The van der Waals surface area contributed by atoms with E-state index < -0.39 is 0 Å². The van der Waals surface area contributed by atoms with Gasteiger partial charge in [0.15, 0.2) is 0 Å². The van der Waals surface area contributed by atoms with E-state index >= 15 is 0 Å².